The van der Waals surface area contributed by atoms with Crippen molar-refractivity contribution in [2.45, 2.75) is 0 Å². The third-order valence-corrected chi connectivity index (χ3v) is 1.57. The summed E-state index contributed by atoms with van der Waals surface area (Å²) in [5, 5.41) is 1.25. The Labute approximate surface area is 97.4 Å². The molecule has 1 aromatic heterocycles. The van der Waals surface area contributed by atoms with E-state index in [1.165, 1.54) is 10.9 Å². The number of pyridine rings is 1. The Kier molecular flexibility index (Phi) is 17.4. The van der Waals surface area contributed by atoms with Crippen LogP contribution in [0.4, 0.5) is 4.70 Å². The molecular formula is C9H15CrFNO3+. The molecule has 1 aromatic carbocycles. The van der Waals surface area contributed by atoms with E-state index in [4.69, 9.17) is 0 Å². The van der Waals surface area contributed by atoms with Gasteiger partial charge in [-0.2, -0.15) is 0 Å². The van der Waals surface area contributed by atoms with Crippen molar-refractivity contribution >= 4 is 10.9 Å². The van der Waals surface area contributed by atoms with Crippen molar-refractivity contribution in [3.63, 3.8) is 0 Å². The molecule has 0 aliphatic rings. The van der Waals surface area contributed by atoms with Crippen LogP contribution in [0.1, 0.15) is 0 Å². The zero-order valence-corrected chi connectivity index (χ0v) is 9.13. The minimum atomic E-state index is 0. The first-order chi connectivity index (χ1) is 4.97. The van der Waals surface area contributed by atoms with Crippen molar-refractivity contribution in [1.29, 1.82) is 0 Å². The number of fused-ring (bicyclic) bond motifs is 1. The van der Waals surface area contributed by atoms with Gasteiger partial charge in [-0.1, -0.05) is 12.1 Å². The van der Waals surface area contributed by atoms with Gasteiger partial charge in [0.05, 0.1) is 0 Å². The minimum Gasteiger partial charge on any atom is -0.412 e. The molecule has 15 heavy (non-hydrogen) atoms. The standard InChI is InChI=1S/C9H7N.Cr.FH.3H2O/c1-2-6-9-8(4-1)5-3-7-10-9;;;;;/h1-7H;;1H;3*1H2/p+1. The molecule has 0 amide bonds. The summed E-state index contributed by atoms with van der Waals surface area (Å²) in [6, 6.07) is 12.3. The molecule has 6 heteroatoms. The summed E-state index contributed by atoms with van der Waals surface area (Å²) in [7, 11) is 0. The van der Waals surface area contributed by atoms with Gasteiger partial charge < -0.3 is 16.4 Å². The second kappa shape index (κ2) is 11.0. The fourth-order valence-corrected chi connectivity index (χ4v) is 1.06. The van der Waals surface area contributed by atoms with Crippen molar-refractivity contribution in [3.05, 3.63) is 42.6 Å². The average molecular weight is 256 g/mol. The third kappa shape index (κ3) is 5.42. The van der Waals surface area contributed by atoms with Gasteiger partial charge in [-0.25, -0.2) is 4.98 Å². The van der Waals surface area contributed by atoms with Gasteiger partial charge in [-0.15, -0.1) is 0 Å². The summed E-state index contributed by atoms with van der Waals surface area (Å²) in [5.74, 6) is 0. The Hall–Kier alpha value is -1.03. The number of aromatic nitrogens is 1. The van der Waals surface area contributed by atoms with Crippen LogP contribution in [0.5, 0.6) is 0 Å². The van der Waals surface area contributed by atoms with Crippen LogP contribution in [-0.4, -0.2) is 16.4 Å². The van der Waals surface area contributed by atoms with Gasteiger partial charge in [0.1, 0.15) is 0 Å². The quantitative estimate of drug-likeness (QED) is 0.595. The molecule has 0 fully saturated rings. The summed E-state index contributed by atoms with van der Waals surface area (Å²) in [5.41, 5.74) is 1.19. The maximum absolute atomic E-state index is 3.15. The van der Waals surface area contributed by atoms with Crippen LogP contribution >= 0.6 is 0 Å². The minimum absolute atomic E-state index is 0. The number of H-pyrrole nitrogens is 1. The monoisotopic (exact) mass is 256 g/mol. The number of hydrogen-bond acceptors (Lipinski definition) is 0. The number of rotatable bonds is 0. The SMILES string of the molecule is F.O.O.O.[Cr].c1ccc2[nH+]cccc2c1. The number of hydrogen-bond donors (Lipinski definition) is 0. The Morgan fingerprint density at radius 1 is 0.800 bits per heavy atom. The second-order valence-electron chi connectivity index (χ2n) is 2.26. The molecular weight excluding hydrogens is 241 g/mol. The first-order valence-electron chi connectivity index (χ1n) is 3.32. The van der Waals surface area contributed by atoms with Crippen molar-refractivity contribution in [2.24, 2.45) is 0 Å². The number of para-hydroxylation sites is 1. The molecule has 0 bridgehead atoms. The Bertz CT molecular complexity index is 296. The van der Waals surface area contributed by atoms with E-state index in [1.54, 1.807) is 0 Å². The van der Waals surface area contributed by atoms with Crippen LogP contribution in [0.3, 0.4) is 0 Å². The first-order valence-corrected chi connectivity index (χ1v) is 3.32. The number of aromatic amines is 1. The van der Waals surface area contributed by atoms with Crippen molar-refractivity contribution in [3.8, 4) is 0 Å². The first kappa shape index (κ1) is 23.6. The zero-order chi connectivity index (χ0) is 6.81. The van der Waals surface area contributed by atoms with Crippen LogP contribution in [0.25, 0.3) is 10.9 Å². The fourth-order valence-electron chi connectivity index (χ4n) is 1.06. The van der Waals surface area contributed by atoms with Crippen LogP contribution in [0, 0.1) is 0 Å². The molecule has 1 heterocycles. The summed E-state index contributed by atoms with van der Waals surface area (Å²) in [6.45, 7) is 0. The van der Waals surface area contributed by atoms with E-state index in [9.17, 15) is 0 Å². The van der Waals surface area contributed by atoms with Gasteiger partial charge in [0, 0.05) is 34.9 Å². The van der Waals surface area contributed by atoms with E-state index in [0.717, 1.165) is 0 Å². The predicted octanol–water partition coefficient (Wildman–Crippen LogP) is -0.670. The maximum Gasteiger partial charge on any atom is 0.210 e. The van der Waals surface area contributed by atoms with Crippen molar-refractivity contribution < 1.29 is 43.5 Å². The topological polar surface area (TPSA) is 109 Å². The van der Waals surface area contributed by atoms with E-state index in [1.807, 2.05) is 24.4 Å². The van der Waals surface area contributed by atoms with Gasteiger partial charge in [0.2, 0.25) is 5.52 Å². The van der Waals surface area contributed by atoms with E-state index in [2.05, 4.69) is 23.2 Å². The van der Waals surface area contributed by atoms with Gasteiger partial charge in [-0.05, 0) is 12.1 Å². The molecule has 86 valence electrons. The predicted molar refractivity (Wildman–Crippen MR) is 53.8 cm³/mol. The number of benzene rings is 1. The smallest absolute Gasteiger partial charge is 0.210 e. The molecule has 0 spiro atoms. The molecule has 0 saturated heterocycles. The molecule has 4 nitrogen and oxygen atoms in total. The normalized spacial score (nSPS) is 6.67. The maximum atomic E-state index is 3.15. The summed E-state index contributed by atoms with van der Waals surface area (Å²) < 4.78 is 0. The van der Waals surface area contributed by atoms with E-state index >= 15 is 0 Å². The summed E-state index contributed by atoms with van der Waals surface area (Å²) in [4.78, 5) is 3.15. The van der Waals surface area contributed by atoms with E-state index < -0.39 is 0 Å². The molecule has 0 aliphatic heterocycles. The van der Waals surface area contributed by atoms with Crippen LogP contribution in [0.15, 0.2) is 42.6 Å². The van der Waals surface area contributed by atoms with Gasteiger partial charge in [0.25, 0.3) is 0 Å². The zero-order valence-electron chi connectivity index (χ0n) is 7.86. The van der Waals surface area contributed by atoms with Gasteiger partial charge >= 0.3 is 0 Å². The van der Waals surface area contributed by atoms with E-state index in [0.29, 0.717) is 0 Å². The number of nitrogens with one attached hydrogen (secondary N) is 1. The molecule has 0 atom stereocenters. The van der Waals surface area contributed by atoms with Crippen LogP contribution in [-0.2, 0) is 17.4 Å². The molecule has 2 aromatic rings. The third-order valence-electron chi connectivity index (χ3n) is 1.57. The molecule has 0 aliphatic carbocycles. The summed E-state index contributed by atoms with van der Waals surface area (Å²) >= 11 is 0. The van der Waals surface area contributed by atoms with Crippen LogP contribution in [0.2, 0.25) is 0 Å². The molecule has 0 radical (unpaired) electrons. The Morgan fingerprint density at radius 3 is 1.93 bits per heavy atom. The molecule has 0 saturated carbocycles. The molecule has 2 rings (SSSR count). The van der Waals surface area contributed by atoms with Gasteiger partial charge in [-0.3, -0.25) is 4.70 Å². The summed E-state index contributed by atoms with van der Waals surface area (Å²) in [6.07, 6.45) is 1.93. The second-order valence-corrected chi connectivity index (χ2v) is 2.26. The average Bonchev–Trinajstić information content (AvgIpc) is 2.05. The Morgan fingerprint density at radius 2 is 1.33 bits per heavy atom. The van der Waals surface area contributed by atoms with Crippen molar-refractivity contribution in [1.82, 2.24) is 0 Å². The number of halogens is 1. The Balaban J connectivity index is -0.000000121. The molecule has 7 N–H and O–H groups in total. The van der Waals surface area contributed by atoms with Gasteiger partial charge in [0.15, 0.2) is 6.20 Å². The van der Waals surface area contributed by atoms with Crippen molar-refractivity contribution in [2.75, 3.05) is 0 Å². The molecule has 0 unspecified atom stereocenters. The van der Waals surface area contributed by atoms with Crippen LogP contribution < -0.4 is 4.98 Å². The van der Waals surface area contributed by atoms with E-state index in [-0.39, 0.29) is 38.5 Å². The fraction of sp³-hybridized carbons (Fsp3) is 0. The largest absolute Gasteiger partial charge is 0.412 e.